The lowest BCUT2D eigenvalue weighted by Crippen LogP contribution is -2.40. The van der Waals surface area contributed by atoms with Gasteiger partial charge >= 0.3 is 0 Å². The number of fused-ring (bicyclic) bond motifs is 3. The molecule has 1 aromatic carbocycles. The first-order valence-electron chi connectivity index (χ1n) is 8.37. The average molecular weight is 282 g/mol. The third-order valence-electron chi connectivity index (χ3n) is 5.74. The molecule has 0 aromatic heterocycles. The maximum Gasteiger partial charge on any atom is 0.118 e. The minimum atomic E-state index is 0.315. The van der Waals surface area contributed by atoms with E-state index in [1.165, 1.54) is 51.4 Å². The molecule has 0 unspecified atom stereocenters. The summed E-state index contributed by atoms with van der Waals surface area (Å²) in [6.07, 6.45) is 10.9. The molecule has 112 valence electrons. The molecule has 0 heterocycles. The van der Waals surface area contributed by atoms with Crippen molar-refractivity contribution in [3.8, 4) is 17.6 Å². The summed E-state index contributed by atoms with van der Waals surface area (Å²) in [5.41, 5.74) is 2.11. The van der Waals surface area contributed by atoms with E-state index in [1.807, 2.05) is 12.1 Å². The molecule has 3 aliphatic carbocycles. The van der Waals surface area contributed by atoms with Gasteiger partial charge in [0.1, 0.15) is 5.75 Å². The second kappa shape index (κ2) is 5.76. The van der Waals surface area contributed by atoms with Gasteiger partial charge in [-0.2, -0.15) is 0 Å². The second-order valence-electron chi connectivity index (χ2n) is 7.01. The zero-order valence-electron chi connectivity index (χ0n) is 13.4. The van der Waals surface area contributed by atoms with Gasteiger partial charge in [0.05, 0.1) is 7.11 Å². The van der Waals surface area contributed by atoms with Gasteiger partial charge in [-0.25, -0.2) is 0 Å². The molecule has 0 amide bonds. The molecule has 4 rings (SSSR count). The highest BCUT2D eigenvalue weighted by molar-refractivity contribution is 5.39. The number of ether oxygens (including phenoxy) is 1. The van der Waals surface area contributed by atoms with Gasteiger partial charge in [0, 0.05) is 11.0 Å². The van der Waals surface area contributed by atoms with Crippen molar-refractivity contribution in [1.82, 2.24) is 0 Å². The predicted molar refractivity (Wildman–Crippen MR) is 87.3 cm³/mol. The Labute approximate surface area is 129 Å². The van der Waals surface area contributed by atoms with Crippen LogP contribution in [0.1, 0.15) is 63.9 Å². The van der Waals surface area contributed by atoms with Crippen LogP contribution in [0.4, 0.5) is 0 Å². The topological polar surface area (TPSA) is 9.23 Å². The van der Waals surface area contributed by atoms with Gasteiger partial charge in [0.25, 0.3) is 0 Å². The summed E-state index contributed by atoms with van der Waals surface area (Å²) in [7, 11) is 1.70. The molecular weight excluding hydrogens is 256 g/mol. The molecule has 2 bridgehead atoms. The van der Waals surface area contributed by atoms with Gasteiger partial charge < -0.3 is 4.74 Å². The van der Waals surface area contributed by atoms with Gasteiger partial charge in [-0.15, -0.1) is 0 Å². The molecule has 21 heavy (non-hydrogen) atoms. The van der Waals surface area contributed by atoms with Crippen molar-refractivity contribution in [3.05, 3.63) is 29.8 Å². The van der Waals surface area contributed by atoms with E-state index in [0.29, 0.717) is 10.8 Å². The van der Waals surface area contributed by atoms with Crippen LogP contribution in [0.2, 0.25) is 0 Å². The lowest BCUT2D eigenvalue weighted by atomic mass is 9.53. The molecule has 1 heteroatoms. The SMILES string of the molecule is CCCC12CCC(C#Cc3ccc(OC)cc3)(CC1)CC2. The van der Waals surface area contributed by atoms with Crippen molar-refractivity contribution in [2.24, 2.45) is 10.8 Å². The van der Waals surface area contributed by atoms with Gasteiger partial charge in [-0.05, 0) is 74.6 Å². The van der Waals surface area contributed by atoms with Gasteiger partial charge in [-0.3, -0.25) is 0 Å². The van der Waals surface area contributed by atoms with Crippen molar-refractivity contribution in [2.75, 3.05) is 7.11 Å². The summed E-state index contributed by atoms with van der Waals surface area (Å²) in [6.45, 7) is 2.33. The standard InChI is InChI=1S/C20H26O/c1-3-9-19-11-14-20(15-12-19,16-13-19)10-8-17-4-6-18(21-2)7-5-17/h4-7H,3,9,11-16H2,1-2H3. The van der Waals surface area contributed by atoms with Crippen molar-refractivity contribution in [3.63, 3.8) is 0 Å². The Kier molecular flexibility index (Phi) is 3.98. The molecule has 0 spiro atoms. The lowest BCUT2D eigenvalue weighted by Gasteiger charge is -2.51. The molecular formula is C20H26O. The number of rotatable bonds is 3. The Hall–Kier alpha value is -1.42. The number of hydrogen-bond acceptors (Lipinski definition) is 1. The van der Waals surface area contributed by atoms with Gasteiger partial charge in [0.15, 0.2) is 0 Å². The van der Waals surface area contributed by atoms with Crippen LogP contribution in [-0.4, -0.2) is 7.11 Å². The monoisotopic (exact) mass is 282 g/mol. The van der Waals surface area contributed by atoms with Crippen molar-refractivity contribution >= 4 is 0 Å². The van der Waals surface area contributed by atoms with E-state index in [-0.39, 0.29) is 0 Å². The minimum Gasteiger partial charge on any atom is -0.497 e. The molecule has 0 saturated heterocycles. The number of methoxy groups -OCH3 is 1. The Bertz CT molecular complexity index is 519. The van der Waals surface area contributed by atoms with Crippen molar-refractivity contribution in [1.29, 1.82) is 0 Å². The molecule has 1 aromatic rings. The van der Waals surface area contributed by atoms with Crippen LogP contribution in [0.5, 0.6) is 5.75 Å². The first kappa shape index (κ1) is 14.5. The summed E-state index contributed by atoms with van der Waals surface area (Å²) in [4.78, 5) is 0. The van der Waals surface area contributed by atoms with E-state index in [4.69, 9.17) is 4.74 Å². The highest BCUT2D eigenvalue weighted by Crippen LogP contribution is 2.58. The fraction of sp³-hybridized carbons (Fsp3) is 0.600. The zero-order valence-corrected chi connectivity index (χ0v) is 13.4. The molecule has 3 fully saturated rings. The Morgan fingerprint density at radius 2 is 1.62 bits per heavy atom. The summed E-state index contributed by atoms with van der Waals surface area (Å²) in [5, 5.41) is 0. The first-order valence-corrected chi connectivity index (χ1v) is 8.37. The quantitative estimate of drug-likeness (QED) is 0.693. The van der Waals surface area contributed by atoms with Crippen LogP contribution < -0.4 is 4.74 Å². The third kappa shape index (κ3) is 2.95. The lowest BCUT2D eigenvalue weighted by molar-refractivity contribution is 0.0200. The van der Waals surface area contributed by atoms with E-state index in [1.54, 1.807) is 7.11 Å². The normalized spacial score (nSPS) is 30.6. The molecule has 3 saturated carbocycles. The van der Waals surface area contributed by atoms with Crippen LogP contribution in [0.25, 0.3) is 0 Å². The number of benzene rings is 1. The maximum absolute atomic E-state index is 5.20. The van der Waals surface area contributed by atoms with Crippen LogP contribution in [-0.2, 0) is 0 Å². The summed E-state index contributed by atoms with van der Waals surface area (Å²) in [6, 6.07) is 8.12. The van der Waals surface area contributed by atoms with E-state index in [9.17, 15) is 0 Å². The minimum absolute atomic E-state index is 0.315. The maximum atomic E-state index is 5.20. The van der Waals surface area contributed by atoms with Crippen LogP contribution in [0, 0.1) is 22.7 Å². The molecule has 0 radical (unpaired) electrons. The molecule has 3 aliphatic rings. The second-order valence-corrected chi connectivity index (χ2v) is 7.01. The molecule has 1 nitrogen and oxygen atoms in total. The summed E-state index contributed by atoms with van der Waals surface area (Å²) >= 11 is 0. The summed E-state index contributed by atoms with van der Waals surface area (Å²) < 4.78 is 5.20. The fourth-order valence-corrected chi connectivity index (χ4v) is 4.24. The van der Waals surface area contributed by atoms with Gasteiger partial charge in [0.2, 0.25) is 0 Å². The Morgan fingerprint density at radius 3 is 2.14 bits per heavy atom. The van der Waals surface area contributed by atoms with E-state index in [0.717, 1.165) is 11.3 Å². The van der Waals surface area contributed by atoms with Crippen LogP contribution in [0.3, 0.4) is 0 Å². The van der Waals surface area contributed by atoms with Crippen molar-refractivity contribution < 1.29 is 4.74 Å². The molecule has 0 N–H and O–H groups in total. The predicted octanol–water partition coefficient (Wildman–Crippen LogP) is 5.19. The first-order chi connectivity index (χ1) is 10.2. The molecule has 0 aliphatic heterocycles. The smallest absolute Gasteiger partial charge is 0.118 e. The highest BCUT2D eigenvalue weighted by Gasteiger charge is 2.47. The Balaban J connectivity index is 1.70. The van der Waals surface area contributed by atoms with E-state index in [2.05, 4.69) is 30.9 Å². The van der Waals surface area contributed by atoms with Crippen LogP contribution >= 0.6 is 0 Å². The van der Waals surface area contributed by atoms with Crippen LogP contribution in [0.15, 0.2) is 24.3 Å². The largest absolute Gasteiger partial charge is 0.497 e. The highest BCUT2D eigenvalue weighted by atomic mass is 16.5. The van der Waals surface area contributed by atoms with Gasteiger partial charge in [-0.1, -0.05) is 25.2 Å². The zero-order chi connectivity index (χ0) is 14.8. The van der Waals surface area contributed by atoms with E-state index >= 15 is 0 Å². The van der Waals surface area contributed by atoms with Crippen molar-refractivity contribution in [2.45, 2.75) is 58.3 Å². The van der Waals surface area contributed by atoms with E-state index < -0.39 is 0 Å². The summed E-state index contributed by atoms with van der Waals surface area (Å²) in [5.74, 6) is 7.97. The fourth-order valence-electron chi connectivity index (χ4n) is 4.24. The molecule has 0 atom stereocenters. The third-order valence-corrected chi connectivity index (χ3v) is 5.74. The number of hydrogen-bond donors (Lipinski definition) is 0. The Morgan fingerprint density at radius 1 is 1.00 bits per heavy atom. The average Bonchev–Trinajstić information content (AvgIpc) is 2.55.